The highest BCUT2D eigenvalue weighted by molar-refractivity contribution is 5.73. The number of esters is 1. The maximum Gasteiger partial charge on any atom is 0.307 e. The minimum Gasteiger partial charge on any atom is -0.481 e. The SMILES string of the molecule is CC(=O)O[C@@H]1C[C@@]23COC[C@](C)([C@@H]2CC[C@H]2C3=CC[C@@]3(C)[C@H](C(=O)O)[C@@](C)([C@H](C)C(C)C)CC[C@]23C)[C@H]1OCCN. The topological polar surface area (TPSA) is 108 Å². The number of hydrogen-bond acceptors (Lipinski definition) is 6. The van der Waals surface area contributed by atoms with Crippen molar-refractivity contribution in [2.45, 2.75) is 106 Å². The van der Waals surface area contributed by atoms with Crippen molar-refractivity contribution in [1.82, 2.24) is 0 Å². The van der Waals surface area contributed by atoms with Crippen LogP contribution in [0.3, 0.4) is 0 Å². The van der Waals surface area contributed by atoms with Crippen molar-refractivity contribution in [2.24, 2.45) is 62.4 Å². The molecule has 232 valence electrons. The van der Waals surface area contributed by atoms with Crippen molar-refractivity contribution in [2.75, 3.05) is 26.4 Å². The van der Waals surface area contributed by atoms with Crippen molar-refractivity contribution >= 4 is 11.9 Å². The number of ether oxygens (including phenoxy) is 3. The fourth-order valence-electron chi connectivity index (χ4n) is 11.4. The van der Waals surface area contributed by atoms with E-state index in [9.17, 15) is 14.7 Å². The number of nitrogens with two attached hydrogens (primary N) is 1. The van der Waals surface area contributed by atoms with Crippen molar-refractivity contribution in [3.63, 3.8) is 0 Å². The van der Waals surface area contributed by atoms with Crippen LogP contribution in [-0.4, -0.2) is 55.6 Å². The zero-order valence-electron chi connectivity index (χ0n) is 26.8. The molecule has 7 heteroatoms. The number of aliphatic carboxylic acids is 1. The molecule has 3 saturated carbocycles. The molecular weight excluding hydrogens is 518 g/mol. The van der Waals surface area contributed by atoms with Crippen LogP contribution >= 0.6 is 0 Å². The first-order valence-corrected chi connectivity index (χ1v) is 16.1. The van der Waals surface area contributed by atoms with Gasteiger partial charge in [0.2, 0.25) is 0 Å². The Morgan fingerprint density at radius 3 is 2.41 bits per heavy atom. The largest absolute Gasteiger partial charge is 0.481 e. The Morgan fingerprint density at radius 1 is 1.10 bits per heavy atom. The summed E-state index contributed by atoms with van der Waals surface area (Å²) in [5, 5.41) is 10.9. The lowest BCUT2D eigenvalue weighted by Crippen LogP contribution is -2.70. The van der Waals surface area contributed by atoms with Gasteiger partial charge in [-0.25, -0.2) is 0 Å². The quantitative estimate of drug-likeness (QED) is 0.290. The molecule has 5 aliphatic rings. The summed E-state index contributed by atoms with van der Waals surface area (Å²) in [7, 11) is 0. The third kappa shape index (κ3) is 4.22. The van der Waals surface area contributed by atoms with E-state index >= 15 is 0 Å². The van der Waals surface area contributed by atoms with Gasteiger partial charge in [-0.15, -0.1) is 0 Å². The molecule has 1 saturated heterocycles. The Balaban J connectivity index is 1.60. The molecule has 4 fully saturated rings. The molecule has 0 radical (unpaired) electrons. The Morgan fingerprint density at radius 2 is 1.80 bits per heavy atom. The average molecular weight is 574 g/mol. The molecule has 11 atom stereocenters. The molecule has 5 rings (SSSR count). The molecule has 2 bridgehead atoms. The monoisotopic (exact) mass is 573 g/mol. The molecule has 0 spiro atoms. The zero-order valence-corrected chi connectivity index (χ0v) is 26.8. The van der Waals surface area contributed by atoms with Gasteiger partial charge in [0.15, 0.2) is 0 Å². The van der Waals surface area contributed by atoms with Gasteiger partial charge in [-0.05, 0) is 78.4 Å². The maximum atomic E-state index is 13.3. The van der Waals surface area contributed by atoms with E-state index < -0.39 is 11.9 Å². The number of hydrogen-bond donors (Lipinski definition) is 2. The Kier molecular flexibility index (Phi) is 7.81. The van der Waals surface area contributed by atoms with Gasteiger partial charge in [-0.1, -0.05) is 60.1 Å². The first kappa shape index (κ1) is 31.0. The van der Waals surface area contributed by atoms with E-state index in [1.54, 1.807) is 0 Å². The van der Waals surface area contributed by atoms with Gasteiger partial charge in [-0.3, -0.25) is 9.59 Å². The molecule has 0 aromatic heterocycles. The molecule has 0 aromatic carbocycles. The predicted octanol–water partition coefficient (Wildman–Crippen LogP) is 5.85. The summed E-state index contributed by atoms with van der Waals surface area (Å²) in [6.45, 7) is 19.4. The van der Waals surface area contributed by atoms with E-state index in [2.05, 4.69) is 54.5 Å². The van der Waals surface area contributed by atoms with Gasteiger partial charge in [0.05, 0.1) is 25.7 Å². The van der Waals surface area contributed by atoms with Crippen LogP contribution in [0.4, 0.5) is 0 Å². The first-order valence-electron chi connectivity index (χ1n) is 16.1. The van der Waals surface area contributed by atoms with Crippen LogP contribution in [0.15, 0.2) is 11.6 Å². The Bertz CT molecular complexity index is 1090. The van der Waals surface area contributed by atoms with Gasteiger partial charge >= 0.3 is 11.9 Å². The minimum absolute atomic E-state index is 0.145. The second-order valence-corrected chi connectivity index (χ2v) is 15.8. The van der Waals surface area contributed by atoms with Crippen molar-refractivity contribution in [1.29, 1.82) is 0 Å². The molecular formula is C34H55NO6. The van der Waals surface area contributed by atoms with Crippen LogP contribution in [-0.2, 0) is 23.8 Å². The summed E-state index contributed by atoms with van der Waals surface area (Å²) in [5.41, 5.74) is 5.97. The molecule has 1 heterocycles. The third-order valence-electron chi connectivity index (χ3n) is 13.8. The summed E-state index contributed by atoms with van der Waals surface area (Å²) in [6, 6.07) is 0. The van der Waals surface area contributed by atoms with Crippen molar-refractivity contribution < 1.29 is 28.9 Å². The van der Waals surface area contributed by atoms with Crippen LogP contribution in [0.25, 0.3) is 0 Å². The summed E-state index contributed by atoms with van der Waals surface area (Å²) in [6.07, 6.45) is 7.28. The molecule has 1 aliphatic heterocycles. The van der Waals surface area contributed by atoms with E-state index in [-0.39, 0.29) is 51.2 Å². The van der Waals surface area contributed by atoms with Gasteiger partial charge in [-0.2, -0.15) is 0 Å². The van der Waals surface area contributed by atoms with Crippen molar-refractivity contribution in [3.8, 4) is 0 Å². The molecule has 41 heavy (non-hydrogen) atoms. The van der Waals surface area contributed by atoms with E-state index in [1.807, 2.05) is 0 Å². The summed E-state index contributed by atoms with van der Waals surface area (Å²) in [5.74, 6) is 0.0200. The van der Waals surface area contributed by atoms with Crippen LogP contribution < -0.4 is 5.73 Å². The molecule has 3 N–H and O–H groups in total. The highest BCUT2D eigenvalue weighted by Crippen LogP contribution is 2.75. The number of fused-ring (bicyclic) bond motifs is 3. The highest BCUT2D eigenvalue weighted by atomic mass is 16.6. The maximum absolute atomic E-state index is 13.3. The normalized spacial score (nSPS) is 47.9. The molecule has 0 aromatic rings. The summed E-state index contributed by atoms with van der Waals surface area (Å²) in [4.78, 5) is 25.6. The average Bonchev–Trinajstić information content (AvgIpc) is 2.88. The van der Waals surface area contributed by atoms with E-state index in [4.69, 9.17) is 19.9 Å². The number of carbonyl (C=O) groups is 2. The zero-order chi connectivity index (χ0) is 30.2. The Labute approximate surface area is 247 Å². The number of carbonyl (C=O) groups excluding carboxylic acids is 1. The second-order valence-electron chi connectivity index (χ2n) is 15.8. The van der Waals surface area contributed by atoms with E-state index in [0.29, 0.717) is 50.5 Å². The molecule has 0 unspecified atom stereocenters. The van der Waals surface area contributed by atoms with Crippen LogP contribution in [0.2, 0.25) is 0 Å². The lowest BCUT2D eigenvalue weighted by atomic mass is 9.34. The summed E-state index contributed by atoms with van der Waals surface area (Å²) < 4.78 is 18.9. The highest BCUT2D eigenvalue weighted by Gasteiger charge is 2.72. The minimum atomic E-state index is -0.641. The Hall–Kier alpha value is -1.44. The molecule has 0 amide bonds. The van der Waals surface area contributed by atoms with Gasteiger partial charge in [0.25, 0.3) is 0 Å². The number of rotatable bonds is 7. The lowest BCUT2D eigenvalue weighted by molar-refractivity contribution is -0.266. The predicted molar refractivity (Wildman–Crippen MR) is 158 cm³/mol. The molecule has 7 nitrogen and oxygen atoms in total. The molecule has 4 aliphatic carbocycles. The summed E-state index contributed by atoms with van der Waals surface area (Å²) >= 11 is 0. The smallest absolute Gasteiger partial charge is 0.307 e. The standard InChI is InChI=1S/C34H55NO6/c1-20(2)21(3)30(5)13-14-32(7)23-9-10-26-31(6)18-39-19-34(26,17-25(41-22(4)36)28(31)40-16-15-35)24(23)11-12-33(32,8)27(30)29(37)38/h11,20-21,23,25-28H,9-10,12-19,35H2,1-8H3,(H,37,38)/t21-,23+,25-,26+,27-,28+,30-,31-,32-,33+,34+/m1/s1. The second kappa shape index (κ2) is 10.3. The van der Waals surface area contributed by atoms with Crippen LogP contribution in [0, 0.1) is 56.7 Å². The number of carboxylic acids is 1. The lowest BCUT2D eigenvalue weighted by Gasteiger charge is -2.71. The van der Waals surface area contributed by atoms with Crippen LogP contribution in [0.5, 0.6) is 0 Å². The fraction of sp³-hybridized carbons (Fsp3) is 0.882. The first-order chi connectivity index (χ1) is 19.1. The number of carboxylic acid groups (broad SMARTS) is 1. The van der Waals surface area contributed by atoms with E-state index in [0.717, 1.165) is 32.1 Å². The van der Waals surface area contributed by atoms with Gasteiger partial charge in [0, 0.05) is 24.3 Å². The third-order valence-corrected chi connectivity index (χ3v) is 13.8. The van der Waals surface area contributed by atoms with Crippen LogP contribution in [0.1, 0.15) is 93.9 Å². The fourth-order valence-corrected chi connectivity index (χ4v) is 11.4. The van der Waals surface area contributed by atoms with Crippen molar-refractivity contribution in [3.05, 3.63) is 11.6 Å². The van der Waals surface area contributed by atoms with Gasteiger partial charge < -0.3 is 25.1 Å². The van der Waals surface area contributed by atoms with Gasteiger partial charge in [0.1, 0.15) is 12.2 Å². The van der Waals surface area contributed by atoms with E-state index in [1.165, 1.54) is 12.5 Å². The number of allylic oxidation sites excluding steroid dienone is 1.